The Hall–Kier alpha value is -3.19. The van der Waals surface area contributed by atoms with Crippen molar-refractivity contribution in [3.63, 3.8) is 0 Å². The Kier molecular flexibility index (Phi) is 4.76. The summed E-state index contributed by atoms with van der Waals surface area (Å²) in [5, 5.41) is 8.51. The lowest BCUT2D eigenvalue weighted by atomic mass is 10.1. The fraction of sp³-hybridized carbons (Fsp3) is 0.111. The van der Waals surface area contributed by atoms with Gasteiger partial charge in [0.25, 0.3) is 11.8 Å². The summed E-state index contributed by atoms with van der Waals surface area (Å²) in [6, 6.07) is 11.3. The number of nitrogens with one attached hydrogen (secondary N) is 1. The summed E-state index contributed by atoms with van der Waals surface area (Å²) in [4.78, 5) is 24.8. The van der Waals surface area contributed by atoms with Gasteiger partial charge in [-0.1, -0.05) is 24.3 Å². The molecule has 25 heavy (non-hydrogen) atoms. The summed E-state index contributed by atoms with van der Waals surface area (Å²) in [7, 11) is 0. The first-order valence-corrected chi connectivity index (χ1v) is 7.51. The average Bonchev–Trinajstić information content (AvgIpc) is 2.63. The van der Waals surface area contributed by atoms with E-state index in [1.165, 1.54) is 22.5 Å². The summed E-state index contributed by atoms with van der Waals surface area (Å²) in [5.41, 5.74) is 3.00. The number of hydrogen-bond acceptors (Lipinski definition) is 4. The average molecular weight is 342 g/mol. The van der Waals surface area contributed by atoms with Crippen molar-refractivity contribution in [1.29, 1.82) is 0 Å². The molecule has 0 spiro atoms. The van der Waals surface area contributed by atoms with Gasteiger partial charge in [-0.25, -0.2) is 9.87 Å². The summed E-state index contributed by atoms with van der Waals surface area (Å²) in [6.07, 6.45) is 2.63. The molecule has 7 heteroatoms. The van der Waals surface area contributed by atoms with E-state index in [0.717, 1.165) is 6.08 Å². The summed E-state index contributed by atoms with van der Waals surface area (Å²) >= 11 is 0. The Morgan fingerprint density at radius 3 is 2.88 bits per heavy atom. The monoisotopic (exact) mass is 342 g/mol. The SMILES string of the molecule is O=C(/C=C/c1ccc2c(c1)N(Cc1ccccc1F)C(=O)CO2)NO. The summed E-state index contributed by atoms with van der Waals surface area (Å²) in [5.74, 6) is -0.850. The molecule has 0 atom stereocenters. The predicted octanol–water partition coefficient (Wildman–Crippen LogP) is 2.27. The molecule has 2 amide bonds. The molecule has 0 aliphatic carbocycles. The van der Waals surface area contributed by atoms with Gasteiger partial charge in [-0.15, -0.1) is 0 Å². The van der Waals surface area contributed by atoms with Crippen LogP contribution in [0.4, 0.5) is 10.1 Å². The molecule has 0 unspecified atom stereocenters. The number of ether oxygens (including phenoxy) is 1. The molecular weight excluding hydrogens is 327 g/mol. The van der Waals surface area contributed by atoms with Gasteiger partial charge in [-0.05, 0) is 29.8 Å². The van der Waals surface area contributed by atoms with Gasteiger partial charge in [0.1, 0.15) is 11.6 Å². The number of carbonyl (C=O) groups is 2. The van der Waals surface area contributed by atoms with Crippen molar-refractivity contribution >= 4 is 23.6 Å². The second-order valence-corrected chi connectivity index (χ2v) is 5.40. The maximum Gasteiger partial charge on any atom is 0.267 e. The highest BCUT2D eigenvalue weighted by Gasteiger charge is 2.26. The number of rotatable bonds is 4. The Bertz CT molecular complexity index is 851. The van der Waals surface area contributed by atoms with Crippen LogP contribution in [0, 0.1) is 5.82 Å². The highest BCUT2D eigenvalue weighted by Crippen LogP contribution is 2.34. The van der Waals surface area contributed by atoms with Crippen molar-refractivity contribution in [2.24, 2.45) is 0 Å². The van der Waals surface area contributed by atoms with Crippen LogP contribution in [0.5, 0.6) is 5.75 Å². The molecule has 1 aliphatic heterocycles. The molecule has 0 saturated carbocycles. The van der Waals surface area contributed by atoms with E-state index in [2.05, 4.69) is 0 Å². The molecule has 0 aromatic heterocycles. The van der Waals surface area contributed by atoms with E-state index in [4.69, 9.17) is 9.94 Å². The Balaban J connectivity index is 1.93. The van der Waals surface area contributed by atoms with Crippen LogP contribution < -0.4 is 15.1 Å². The van der Waals surface area contributed by atoms with Gasteiger partial charge >= 0.3 is 0 Å². The Morgan fingerprint density at radius 2 is 2.12 bits per heavy atom. The molecule has 2 N–H and O–H groups in total. The van der Waals surface area contributed by atoms with Gasteiger partial charge in [0.15, 0.2) is 6.61 Å². The molecule has 3 rings (SSSR count). The van der Waals surface area contributed by atoms with Crippen molar-refractivity contribution < 1.29 is 23.9 Å². The molecule has 128 valence electrons. The third-order valence-corrected chi connectivity index (χ3v) is 3.75. The van der Waals surface area contributed by atoms with E-state index in [-0.39, 0.29) is 24.9 Å². The Morgan fingerprint density at radius 1 is 1.32 bits per heavy atom. The van der Waals surface area contributed by atoms with Crippen LogP contribution >= 0.6 is 0 Å². The van der Waals surface area contributed by atoms with Crippen LogP contribution in [0.1, 0.15) is 11.1 Å². The minimum atomic E-state index is -0.673. The lowest BCUT2D eigenvalue weighted by molar-refractivity contribution is -0.124. The van der Waals surface area contributed by atoms with Crippen LogP contribution in [0.2, 0.25) is 0 Å². The Labute approximate surface area is 143 Å². The number of hydrogen-bond donors (Lipinski definition) is 2. The van der Waals surface area contributed by atoms with Gasteiger partial charge in [0.2, 0.25) is 0 Å². The fourth-order valence-corrected chi connectivity index (χ4v) is 2.50. The van der Waals surface area contributed by atoms with Gasteiger partial charge in [0.05, 0.1) is 12.2 Å². The third kappa shape index (κ3) is 3.67. The predicted molar refractivity (Wildman–Crippen MR) is 88.5 cm³/mol. The second kappa shape index (κ2) is 7.14. The zero-order chi connectivity index (χ0) is 17.8. The minimum Gasteiger partial charge on any atom is -0.482 e. The number of fused-ring (bicyclic) bond motifs is 1. The molecule has 0 fully saturated rings. The largest absolute Gasteiger partial charge is 0.482 e. The fourth-order valence-electron chi connectivity index (χ4n) is 2.50. The highest BCUT2D eigenvalue weighted by molar-refractivity contribution is 5.98. The first-order chi connectivity index (χ1) is 12.1. The van der Waals surface area contributed by atoms with Crippen molar-refractivity contribution in [3.05, 3.63) is 65.5 Å². The number of hydroxylamine groups is 1. The van der Waals surface area contributed by atoms with E-state index in [0.29, 0.717) is 22.6 Å². The number of amides is 2. The molecule has 6 nitrogen and oxygen atoms in total. The van der Waals surface area contributed by atoms with Gasteiger partial charge in [-0.3, -0.25) is 14.8 Å². The van der Waals surface area contributed by atoms with Crippen molar-refractivity contribution in [3.8, 4) is 5.75 Å². The van der Waals surface area contributed by atoms with Crippen molar-refractivity contribution in [2.45, 2.75) is 6.54 Å². The lowest BCUT2D eigenvalue weighted by Crippen LogP contribution is -2.38. The standard InChI is InChI=1S/C18H15FN2O4/c19-14-4-2-1-3-13(14)10-21-15-9-12(6-8-17(22)20-24)5-7-16(15)25-11-18(21)23/h1-9,24H,10-11H2,(H,20,22)/b8-6+. The van der Waals surface area contributed by atoms with E-state index in [9.17, 15) is 14.0 Å². The minimum absolute atomic E-state index is 0.0756. The number of halogens is 1. The lowest BCUT2D eigenvalue weighted by Gasteiger charge is -2.29. The van der Waals surface area contributed by atoms with Crippen molar-refractivity contribution in [1.82, 2.24) is 5.48 Å². The summed E-state index contributed by atoms with van der Waals surface area (Å²) in [6.45, 7) is -0.0459. The van der Waals surface area contributed by atoms with E-state index < -0.39 is 5.91 Å². The first-order valence-electron chi connectivity index (χ1n) is 7.51. The first kappa shape index (κ1) is 16.7. The van der Waals surface area contributed by atoms with Crippen LogP contribution in [0.3, 0.4) is 0 Å². The molecule has 0 bridgehead atoms. The number of carbonyl (C=O) groups excluding carboxylic acids is 2. The molecule has 1 aliphatic rings. The molecule has 0 radical (unpaired) electrons. The highest BCUT2D eigenvalue weighted by atomic mass is 19.1. The van der Waals surface area contributed by atoms with Gasteiger partial charge < -0.3 is 9.64 Å². The van der Waals surface area contributed by atoms with E-state index >= 15 is 0 Å². The molecule has 2 aromatic carbocycles. The van der Waals surface area contributed by atoms with Crippen LogP contribution in [0.25, 0.3) is 6.08 Å². The molecule has 0 saturated heterocycles. The molecule has 2 aromatic rings. The summed E-state index contributed by atoms with van der Waals surface area (Å²) < 4.78 is 19.3. The molecular formula is C18H15FN2O4. The van der Waals surface area contributed by atoms with Crippen LogP contribution in [0.15, 0.2) is 48.5 Å². The number of benzene rings is 2. The third-order valence-electron chi connectivity index (χ3n) is 3.75. The number of nitrogens with zero attached hydrogens (tertiary/aromatic N) is 1. The smallest absolute Gasteiger partial charge is 0.267 e. The zero-order valence-corrected chi connectivity index (χ0v) is 13.1. The number of anilines is 1. The van der Waals surface area contributed by atoms with E-state index in [1.807, 2.05) is 0 Å². The maximum atomic E-state index is 13.9. The second-order valence-electron chi connectivity index (χ2n) is 5.40. The van der Waals surface area contributed by atoms with Gasteiger partial charge in [0, 0.05) is 11.6 Å². The van der Waals surface area contributed by atoms with Gasteiger partial charge in [-0.2, -0.15) is 0 Å². The van der Waals surface area contributed by atoms with E-state index in [1.54, 1.807) is 36.4 Å². The van der Waals surface area contributed by atoms with Crippen molar-refractivity contribution in [2.75, 3.05) is 11.5 Å². The topological polar surface area (TPSA) is 78.9 Å². The maximum absolute atomic E-state index is 13.9. The molecule has 1 heterocycles. The van der Waals surface area contributed by atoms with Crippen LogP contribution in [-0.2, 0) is 16.1 Å². The van der Waals surface area contributed by atoms with Crippen LogP contribution in [-0.4, -0.2) is 23.6 Å². The zero-order valence-electron chi connectivity index (χ0n) is 13.1. The quantitative estimate of drug-likeness (QED) is 0.508. The normalized spacial score (nSPS) is 13.5.